The van der Waals surface area contributed by atoms with Gasteiger partial charge in [-0.05, 0) is 26.7 Å². The van der Waals surface area contributed by atoms with Gasteiger partial charge < -0.3 is 10.0 Å². The van der Waals surface area contributed by atoms with Crippen LogP contribution in [0.25, 0.3) is 0 Å². The highest BCUT2D eigenvalue weighted by Gasteiger charge is 2.42. The zero-order chi connectivity index (χ0) is 14.1. The van der Waals surface area contributed by atoms with Crippen LogP contribution in [0.1, 0.15) is 26.7 Å². The highest BCUT2D eigenvalue weighted by atomic mass is 32.2. The number of carbonyl (C=O) groups excluding carboxylic acids is 1. The summed E-state index contributed by atoms with van der Waals surface area (Å²) in [5.74, 6) is -1.74. The molecule has 0 saturated carbocycles. The third-order valence-electron chi connectivity index (χ3n) is 3.57. The number of carbonyl (C=O) groups is 2. The lowest BCUT2D eigenvalue weighted by Crippen LogP contribution is -2.52. The second-order valence-corrected chi connectivity index (χ2v) is 7.75. The van der Waals surface area contributed by atoms with Crippen LogP contribution in [0.4, 0.5) is 0 Å². The van der Waals surface area contributed by atoms with Crippen LogP contribution in [0.5, 0.6) is 0 Å². The first kappa shape index (κ1) is 14.9. The summed E-state index contributed by atoms with van der Waals surface area (Å²) in [6.45, 7) is 3.37. The smallest absolute Gasteiger partial charge is 0.306 e. The van der Waals surface area contributed by atoms with Crippen molar-refractivity contribution in [1.82, 2.24) is 4.90 Å². The van der Waals surface area contributed by atoms with Gasteiger partial charge in [-0.2, -0.15) is 0 Å². The number of hydrogen-bond acceptors (Lipinski definition) is 4. The maximum atomic E-state index is 12.1. The second-order valence-electron chi connectivity index (χ2n) is 5.19. The first-order valence-electron chi connectivity index (χ1n) is 5.79. The predicted octanol–water partition coefficient (Wildman–Crippen LogP) is 0.133. The number of aliphatic carboxylic acids is 1. The first-order valence-corrected chi connectivity index (χ1v) is 7.68. The number of piperidine rings is 1. The third-order valence-corrected chi connectivity index (χ3v) is 5.60. The first-order chi connectivity index (χ1) is 8.07. The summed E-state index contributed by atoms with van der Waals surface area (Å²) in [6.07, 6.45) is 1.79. The Morgan fingerprint density at radius 2 is 1.67 bits per heavy atom. The van der Waals surface area contributed by atoms with Gasteiger partial charge in [0.2, 0.25) is 5.91 Å². The predicted molar refractivity (Wildman–Crippen MR) is 65.9 cm³/mol. The molecule has 0 aromatic heterocycles. The molecule has 0 aromatic rings. The minimum atomic E-state index is -3.49. The maximum absolute atomic E-state index is 12.1. The number of hydrogen-bond donors (Lipinski definition) is 1. The normalized spacial score (nSPS) is 18.7. The van der Waals surface area contributed by atoms with Crippen molar-refractivity contribution >= 4 is 21.7 Å². The van der Waals surface area contributed by atoms with E-state index in [4.69, 9.17) is 5.11 Å². The van der Waals surface area contributed by atoms with E-state index in [-0.39, 0.29) is 0 Å². The van der Waals surface area contributed by atoms with Crippen molar-refractivity contribution in [2.45, 2.75) is 31.4 Å². The molecule has 1 heterocycles. The van der Waals surface area contributed by atoms with E-state index in [1.807, 2.05) is 0 Å². The Bertz CT molecular complexity index is 446. The number of carboxylic acids is 1. The van der Waals surface area contributed by atoms with Gasteiger partial charge in [0.25, 0.3) is 0 Å². The van der Waals surface area contributed by atoms with E-state index in [0.29, 0.717) is 25.9 Å². The molecule has 6 nitrogen and oxygen atoms in total. The lowest BCUT2D eigenvalue weighted by molar-refractivity contribution is -0.146. The summed E-state index contributed by atoms with van der Waals surface area (Å²) in [5, 5.41) is 8.85. The number of likely N-dealkylation sites (tertiary alicyclic amines) is 1. The lowest BCUT2D eigenvalue weighted by atomic mass is 9.96. The van der Waals surface area contributed by atoms with Crippen molar-refractivity contribution < 1.29 is 23.1 Å². The van der Waals surface area contributed by atoms with Crippen molar-refractivity contribution in [2.24, 2.45) is 5.92 Å². The van der Waals surface area contributed by atoms with Gasteiger partial charge in [-0.1, -0.05) is 0 Å². The fourth-order valence-corrected chi connectivity index (χ4v) is 2.32. The zero-order valence-corrected chi connectivity index (χ0v) is 11.7. The number of amides is 1. The maximum Gasteiger partial charge on any atom is 0.306 e. The summed E-state index contributed by atoms with van der Waals surface area (Å²) in [5.41, 5.74) is 0. The Labute approximate surface area is 107 Å². The molecular formula is C11H19NO5S. The number of sulfone groups is 1. The highest BCUT2D eigenvalue weighted by Crippen LogP contribution is 2.23. The van der Waals surface area contributed by atoms with E-state index < -0.39 is 32.4 Å². The molecule has 0 bridgehead atoms. The Morgan fingerprint density at radius 1 is 1.22 bits per heavy atom. The highest BCUT2D eigenvalue weighted by molar-refractivity contribution is 7.92. The largest absolute Gasteiger partial charge is 0.481 e. The van der Waals surface area contributed by atoms with Crippen molar-refractivity contribution in [3.05, 3.63) is 0 Å². The van der Waals surface area contributed by atoms with E-state index in [1.165, 1.54) is 18.7 Å². The number of carboxylic acid groups (broad SMARTS) is 1. The Hall–Kier alpha value is -1.11. The molecule has 1 amide bonds. The van der Waals surface area contributed by atoms with E-state index in [0.717, 1.165) is 6.26 Å². The molecule has 1 aliphatic heterocycles. The summed E-state index contributed by atoms with van der Waals surface area (Å²) in [7, 11) is -3.49. The minimum absolute atomic E-state index is 0.300. The molecule has 0 radical (unpaired) electrons. The quantitative estimate of drug-likeness (QED) is 0.792. The fourth-order valence-electron chi connectivity index (χ4n) is 1.87. The molecule has 104 valence electrons. The van der Waals surface area contributed by atoms with Crippen molar-refractivity contribution in [3.63, 3.8) is 0 Å². The molecule has 0 aliphatic carbocycles. The molecule has 7 heteroatoms. The third kappa shape index (κ3) is 2.82. The van der Waals surface area contributed by atoms with Gasteiger partial charge in [-0.15, -0.1) is 0 Å². The van der Waals surface area contributed by atoms with Gasteiger partial charge in [0.05, 0.1) is 5.92 Å². The van der Waals surface area contributed by atoms with Crippen LogP contribution in [-0.4, -0.2) is 54.4 Å². The summed E-state index contributed by atoms with van der Waals surface area (Å²) in [4.78, 5) is 24.4. The molecule has 1 fully saturated rings. The van der Waals surface area contributed by atoms with Crippen LogP contribution in [0.2, 0.25) is 0 Å². The Balaban J connectivity index is 2.75. The van der Waals surface area contributed by atoms with Crippen molar-refractivity contribution in [2.75, 3.05) is 19.3 Å². The van der Waals surface area contributed by atoms with Crippen LogP contribution in [-0.2, 0) is 19.4 Å². The fraction of sp³-hybridized carbons (Fsp3) is 0.818. The lowest BCUT2D eigenvalue weighted by Gasteiger charge is -2.35. The molecule has 0 atom stereocenters. The van der Waals surface area contributed by atoms with Gasteiger partial charge in [0, 0.05) is 19.3 Å². The van der Waals surface area contributed by atoms with E-state index in [2.05, 4.69) is 0 Å². The topological polar surface area (TPSA) is 91.8 Å². The van der Waals surface area contributed by atoms with Crippen molar-refractivity contribution in [3.8, 4) is 0 Å². The van der Waals surface area contributed by atoms with Gasteiger partial charge in [-0.25, -0.2) is 8.42 Å². The standard InChI is InChI=1S/C11H19NO5S/c1-11(2,18(3,16)17)10(15)12-6-4-8(5-7-12)9(13)14/h8H,4-7H2,1-3H3,(H,13,14). The second kappa shape index (κ2) is 4.87. The van der Waals surface area contributed by atoms with Crippen molar-refractivity contribution in [1.29, 1.82) is 0 Å². The van der Waals surface area contributed by atoms with Crippen LogP contribution in [0.3, 0.4) is 0 Å². The SMILES string of the molecule is CC(C)(C(=O)N1CCC(C(=O)O)CC1)S(C)(=O)=O. The Morgan fingerprint density at radius 3 is 2.00 bits per heavy atom. The summed E-state index contributed by atoms with van der Waals surface area (Å²) in [6, 6.07) is 0. The van der Waals surface area contributed by atoms with Gasteiger partial charge in [-0.3, -0.25) is 9.59 Å². The molecule has 18 heavy (non-hydrogen) atoms. The van der Waals surface area contributed by atoms with Crippen LogP contribution in [0.15, 0.2) is 0 Å². The van der Waals surface area contributed by atoms with Gasteiger partial charge >= 0.3 is 5.97 Å². The van der Waals surface area contributed by atoms with E-state index in [1.54, 1.807) is 0 Å². The molecule has 0 aromatic carbocycles. The van der Waals surface area contributed by atoms with Crippen LogP contribution in [0, 0.1) is 5.92 Å². The molecule has 0 spiro atoms. The molecular weight excluding hydrogens is 258 g/mol. The Kier molecular flexibility index (Phi) is 4.05. The zero-order valence-electron chi connectivity index (χ0n) is 10.8. The summed E-state index contributed by atoms with van der Waals surface area (Å²) >= 11 is 0. The molecule has 1 saturated heterocycles. The minimum Gasteiger partial charge on any atom is -0.481 e. The van der Waals surface area contributed by atoms with Gasteiger partial charge in [0.15, 0.2) is 9.84 Å². The average molecular weight is 277 g/mol. The molecule has 0 unspecified atom stereocenters. The molecule has 1 N–H and O–H groups in total. The van der Waals surface area contributed by atoms with Crippen LogP contribution >= 0.6 is 0 Å². The average Bonchev–Trinajstić information content (AvgIpc) is 2.26. The van der Waals surface area contributed by atoms with E-state index >= 15 is 0 Å². The van der Waals surface area contributed by atoms with Crippen LogP contribution < -0.4 is 0 Å². The monoisotopic (exact) mass is 277 g/mol. The van der Waals surface area contributed by atoms with Gasteiger partial charge in [0.1, 0.15) is 4.75 Å². The van der Waals surface area contributed by atoms with E-state index in [9.17, 15) is 18.0 Å². The number of rotatable bonds is 3. The molecule has 1 aliphatic rings. The molecule has 1 rings (SSSR count). The number of nitrogens with zero attached hydrogens (tertiary/aromatic N) is 1. The summed E-state index contributed by atoms with van der Waals surface area (Å²) < 4.78 is 21.7.